The third-order valence-corrected chi connectivity index (χ3v) is 3.86. The van der Waals surface area contributed by atoms with Gasteiger partial charge in [-0.15, -0.1) is 0 Å². The van der Waals surface area contributed by atoms with E-state index in [9.17, 15) is 9.59 Å². The predicted molar refractivity (Wildman–Crippen MR) is 95.9 cm³/mol. The summed E-state index contributed by atoms with van der Waals surface area (Å²) in [5.74, 6) is -0.690. The Kier molecular flexibility index (Phi) is 7.10. The van der Waals surface area contributed by atoms with Crippen molar-refractivity contribution in [3.63, 3.8) is 0 Å². The van der Waals surface area contributed by atoms with Crippen molar-refractivity contribution in [2.24, 2.45) is 0 Å². The van der Waals surface area contributed by atoms with Gasteiger partial charge in [-0.2, -0.15) is 0 Å². The van der Waals surface area contributed by atoms with Crippen LogP contribution in [-0.4, -0.2) is 25.1 Å². The van der Waals surface area contributed by atoms with Gasteiger partial charge in [0.25, 0.3) is 5.91 Å². The first-order chi connectivity index (χ1) is 12.0. The van der Waals surface area contributed by atoms with Crippen LogP contribution in [0.5, 0.6) is 5.75 Å². The highest BCUT2D eigenvalue weighted by Crippen LogP contribution is 2.22. The standard InChI is InChI=1S/C18H17Cl2NO4/c1-12(13-6-8-14(19)9-7-13)21-17(22)10-25-18(23)11-24-16-5-3-2-4-15(16)20/h2-9,12H,10-11H2,1H3,(H,21,22)/t12-/m0/s1. The average Bonchev–Trinajstić information content (AvgIpc) is 2.59. The fourth-order valence-electron chi connectivity index (χ4n) is 2.00. The van der Waals surface area contributed by atoms with Crippen molar-refractivity contribution in [2.45, 2.75) is 13.0 Å². The lowest BCUT2D eigenvalue weighted by atomic mass is 10.1. The van der Waals surface area contributed by atoms with E-state index in [0.29, 0.717) is 15.8 Å². The van der Waals surface area contributed by atoms with Crippen molar-refractivity contribution in [3.8, 4) is 5.75 Å². The molecule has 0 aliphatic carbocycles. The average molecular weight is 382 g/mol. The normalized spacial score (nSPS) is 11.5. The molecule has 0 saturated heterocycles. The van der Waals surface area contributed by atoms with Crippen molar-refractivity contribution >= 4 is 35.1 Å². The van der Waals surface area contributed by atoms with Gasteiger partial charge in [-0.25, -0.2) is 4.79 Å². The Morgan fingerprint density at radius 2 is 1.72 bits per heavy atom. The molecule has 0 unspecified atom stereocenters. The first kappa shape index (κ1) is 19.1. The maximum Gasteiger partial charge on any atom is 0.344 e. The van der Waals surface area contributed by atoms with Gasteiger partial charge in [-0.05, 0) is 36.8 Å². The summed E-state index contributed by atoms with van der Waals surface area (Å²) >= 11 is 11.7. The second kappa shape index (κ2) is 9.30. The van der Waals surface area contributed by atoms with E-state index < -0.39 is 11.9 Å². The van der Waals surface area contributed by atoms with E-state index in [2.05, 4.69) is 5.32 Å². The van der Waals surface area contributed by atoms with Gasteiger partial charge in [0.1, 0.15) is 5.75 Å². The molecule has 7 heteroatoms. The van der Waals surface area contributed by atoms with E-state index in [-0.39, 0.29) is 19.3 Å². The van der Waals surface area contributed by atoms with Gasteiger partial charge < -0.3 is 14.8 Å². The number of para-hydroxylation sites is 1. The Morgan fingerprint density at radius 3 is 2.40 bits per heavy atom. The number of benzene rings is 2. The van der Waals surface area contributed by atoms with Crippen LogP contribution in [0.4, 0.5) is 0 Å². The first-order valence-electron chi connectivity index (χ1n) is 7.53. The van der Waals surface area contributed by atoms with Gasteiger partial charge >= 0.3 is 5.97 Å². The summed E-state index contributed by atoms with van der Waals surface area (Å²) < 4.78 is 10.1. The van der Waals surface area contributed by atoms with Crippen LogP contribution in [0.15, 0.2) is 48.5 Å². The predicted octanol–water partition coefficient (Wildman–Crippen LogP) is 3.79. The number of carbonyl (C=O) groups excluding carboxylic acids is 2. The number of hydrogen-bond acceptors (Lipinski definition) is 4. The summed E-state index contributed by atoms with van der Waals surface area (Å²) in [5, 5.41) is 3.75. The van der Waals surface area contributed by atoms with Crippen molar-refractivity contribution in [2.75, 3.05) is 13.2 Å². The maximum atomic E-state index is 11.9. The lowest BCUT2D eigenvalue weighted by Crippen LogP contribution is -2.31. The third-order valence-electron chi connectivity index (χ3n) is 3.29. The fourth-order valence-corrected chi connectivity index (χ4v) is 2.32. The molecular formula is C18H17Cl2NO4. The molecule has 2 rings (SSSR count). The summed E-state index contributed by atoms with van der Waals surface area (Å²) in [7, 11) is 0. The third kappa shape index (κ3) is 6.29. The summed E-state index contributed by atoms with van der Waals surface area (Å²) in [6.45, 7) is 1.11. The molecule has 0 aliphatic heterocycles. The molecule has 25 heavy (non-hydrogen) atoms. The highest BCUT2D eigenvalue weighted by atomic mass is 35.5. The van der Waals surface area contributed by atoms with E-state index in [4.69, 9.17) is 32.7 Å². The SMILES string of the molecule is C[C@H](NC(=O)COC(=O)COc1ccccc1Cl)c1ccc(Cl)cc1. The van der Waals surface area contributed by atoms with Crippen LogP contribution in [-0.2, 0) is 14.3 Å². The number of halogens is 2. The van der Waals surface area contributed by atoms with Crippen LogP contribution in [0.25, 0.3) is 0 Å². The van der Waals surface area contributed by atoms with Gasteiger partial charge in [0.05, 0.1) is 11.1 Å². The number of amides is 1. The highest BCUT2D eigenvalue weighted by molar-refractivity contribution is 6.32. The molecule has 1 atom stereocenters. The highest BCUT2D eigenvalue weighted by Gasteiger charge is 2.13. The Morgan fingerprint density at radius 1 is 1.04 bits per heavy atom. The van der Waals surface area contributed by atoms with Crippen LogP contribution >= 0.6 is 23.2 Å². The maximum absolute atomic E-state index is 11.9. The zero-order chi connectivity index (χ0) is 18.2. The van der Waals surface area contributed by atoms with Gasteiger partial charge in [0, 0.05) is 5.02 Å². The van der Waals surface area contributed by atoms with Gasteiger partial charge in [-0.3, -0.25) is 4.79 Å². The fraction of sp³-hybridized carbons (Fsp3) is 0.222. The van der Waals surface area contributed by atoms with Crippen LogP contribution in [0.2, 0.25) is 10.0 Å². The van der Waals surface area contributed by atoms with Crippen molar-refractivity contribution in [1.29, 1.82) is 0 Å². The number of hydrogen-bond donors (Lipinski definition) is 1. The van der Waals surface area contributed by atoms with E-state index in [1.54, 1.807) is 36.4 Å². The summed E-state index contributed by atoms with van der Waals surface area (Å²) in [5.41, 5.74) is 0.895. The van der Waals surface area contributed by atoms with Crippen molar-refractivity contribution in [3.05, 3.63) is 64.1 Å². The molecule has 2 aromatic rings. The monoisotopic (exact) mass is 381 g/mol. The minimum atomic E-state index is -0.658. The Balaban J connectivity index is 1.73. The summed E-state index contributed by atoms with van der Waals surface area (Å²) in [6.07, 6.45) is 0. The second-order valence-corrected chi connectivity index (χ2v) is 6.06. The van der Waals surface area contributed by atoms with Crippen LogP contribution < -0.4 is 10.1 Å². The van der Waals surface area contributed by atoms with Crippen LogP contribution in [0.1, 0.15) is 18.5 Å². The molecule has 0 fully saturated rings. The van der Waals surface area contributed by atoms with Crippen molar-refractivity contribution in [1.82, 2.24) is 5.32 Å². The lowest BCUT2D eigenvalue weighted by molar-refractivity contribution is -0.150. The number of rotatable bonds is 7. The summed E-state index contributed by atoms with van der Waals surface area (Å²) in [6, 6.07) is 13.6. The molecule has 0 saturated carbocycles. The van der Waals surface area contributed by atoms with E-state index >= 15 is 0 Å². The molecule has 1 amide bonds. The van der Waals surface area contributed by atoms with Crippen molar-refractivity contribution < 1.29 is 19.1 Å². The van der Waals surface area contributed by atoms with Crippen LogP contribution in [0.3, 0.4) is 0 Å². The molecule has 0 bridgehead atoms. The van der Waals surface area contributed by atoms with Gasteiger partial charge in [0.2, 0.25) is 0 Å². The second-order valence-electron chi connectivity index (χ2n) is 5.22. The van der Waals surface area contributed by atoms with Gasteiger partial charge in [-0.1, -0.05) is 47.5 Å². The van der Waals surface area contributed by atoms with Gasteiger partial charge in [0.15, 0.2) is 13.2 Å². The molecule has 1 N–H and O–H groups in total. The smallest absolute Gasteiger partial charge is 0.344 e. The molecule has 2 aromatic carbocycles. The summed E-state index contributed by atoms with van der Waals surface area (Å²) in [4.78, 5) is 23.5. The van der Waals surface area contributed by atoms with Crippen LogP contribution in [0, 0.1) is 0 Å². The lowest BCUT2D eigenvalue weighted by Gasteiger charge is -2.14. The minimum Gasteiger partial charge on any atom is -0.480 e. The van der Waals surface area contributed by atoms with E-state index in [1.165, 1.54) is 0 Å². The molecule has 5 nitrogen and oxygen atoms in total. The quantitative estimate of drug-likeness (QED) is 0.740. The largest absolute Gasteiger partial charge is 0.480 e. The molecule has 132 valence electrons. The molecular weight excluding hydrogens is 365 g/mol. The zero-order valence-electron chi connectivity index (χ0n) is 13.5. The Labute approximate surface area is 155 Å². The Bertz CT molecular complexity index is 734. The Hall–Kier alpha value is -2.24. The molecule has 0 aliphatic rings. The minimum absolute atomic E-state index is 0.233. The molecule has 0 aromatic heterocycles. The van der Waals surface area contributed by atoms with E-state index in [1.807, 2.05) is 19.1 Å². The first-order valence-corrected chi connectivity index (χ1v) is 8.29. The number of nitrogens with one attached hydrogen (secondary N) is 1. The number of esters is 1. The topological polar surface area (TPSA) is 64.6 Å². The zero-order valence-corrected chi connectivity index (χ0v) is 15.0. The van der Waals surface area contributed by atoms with E-state index in [0.717, 1.165) is 5.56 Å². The molecule has 0 spiro atoms. The number of ether oxygens (including phenoxy) is 2. The molecule has 0 radical (unpaired) electrons. The number of carbonyl (C=O) groups is 2. The molecule has 0 heterocycles.